The van der Waals surface area contributed by atoms with E-state index in [-0.39, 0.29) is 0 Å². The van der Waals surface area contributed by atoms with Gasteiger partial charge in [-0.15, -0.1) is 0 Å². The number of rotatable bonds is 4. The Balaban J connectivity index is 2.13. The number of benzene rings is 2. The normalized spacial score (nSPS) is 10.3. The lowest BCUT2D eigenvalue weighted by molar-refractivity contribution is 0.306. The second-order valence-electron chi connectivity index (χ2n) is 4.03. The second kappa shape index (κ2) is 6.76. The Hall–Kier alpha value is -0.810. The summed E-state index contributed by atoms with van der Waals surface area (Å²) in [5, 5.41) is 1.10. The van der Waals surface area contributed by atoms with Crippen molar-refractivity contribution in [3.05, 3.63) is 62.0 Å². The highest BCUT2D eigenvalue weighted by atomic mass is 79.9. The zero-order valence-electron chi connectivity index (χ0n) is 10.2. The van der Waals surface area contributed by atoms with Crippen LogP contribution in [-0.4, -0.2) is 4.99 Å². The van der Waals surface area contributed by atoms with Gasteiger partial charge in [-0.3, -0.25) is 0 Å². The van der Waals surface area contributed by atoms with Gasteiger partial charge in [0.05, 0.1) is 5.02 Å². The highest BCUT2D eigenvalue weighted by Gasteiger charge is 2.07. The Labute approximate surface area is 141 Å². The molecule has 0 amide bonds. The summed E-state index contributed by atoms with van der Waals surface area (Å²) in [6, 6.07) is 10.8. The third-order valence-electron chi connectivity index (χ3n) is 2.61. The Morgan fingerprint density at radius 2 is 1.90 bits per heavy atom. The van der Waals surface area contributed by atoms with Gasteiger partial charge in [0.2, 0.25) is 0 Å². The molecule has 0 aliphatic heterocycles. The van der Waals surface area contributed by atoms with Crippen molar-refractivity contribution < 1.29 is 4.74 Å². The van der Waals surface area contributed by atoms with Crippen LogP contribution < -0.4 is 10.5 Å². The van der Waals surface area contributed by atoms with E-state index < -0.39 is 0 Å². The van der Waals surface area contributed by atoms with Crippen LogP contribution >= 0.6 is 51.3 Å². The van der Waals surface area contributed by atoms with Crippen LogP contribution in [-0.2, 0) is 6.61 Å². The Morgan fingerprint density at radius 3 is 2.50 bits per heavy atom. The maximum absolute atomic E-state index is 6.17. The minimum Gasteiger partial charge on any atom is -0.487 e. The maximum atomic E-state index is 6.17. The first-order valence-electron chi connectivity index (χ1n) is 5.63. The summed E-state index contributed by atoms with van der Waals surface area (Å²) < 4.78 is 6.55. The summed E-state index contributed by atoms with van der Waals surface area (Å²) in [6.07, 6.45) is 0. The molecular formula is C14H10BrCl2NOS. The van der Waals surface area contributed by atoms with Crippen LogP contribution in [0.4, 0.5) is 0 Å². The SMILES string of the molecule is NC(=S)c1ccc(COc2ccc(Br)cc2Cl)c(Cl)c1. The van der Waals surface area contributed by atoms with Crippen LogP contribution in [0.3, 0.4) is 0 Å². The summed E-state index contributed by atoms with van der Waals surface area (Å²) in [5.74, 6) is 0.601. The molecule has 6 heteroatoms. The molecule has 0 aliphatic carbocycles. The zero-order chi connectivity index (χ0) is 14.7. The monoisotopic (exact) mass is 389 g/mol. The fourth-order valence-corrected chi connectivity index (χ4v) is 2.66. The lowest BCUT2D eigenvalue weighted by Crippen LogP contribution is -2.09. The van der Waals surface area contributed by atoms with Crippen molar-refractivity contribution in [1.29, 1.82) is 0 Å². The van der Waals surface area contributed by atoms with Gasteiger partial charge in [-0.05, 0) is 24.3 Å². The van der Waals surface area contributed by atoms with Crippen LogP contribution in [0.15, 0.2) is 40.9 Å². The number of thiocarbonyl (C=S) groups is 1. The van der Waals surface area contributed by atoms with Gasteiger partial charge in [-0.1, -0.05) is 63.5 Å². The summed E-state index contributed by atoms with van der Waals surface area (Å²) in [7, 11) is 0. The standard InChI is InChI=1S/C14H10BrCl2NOS/c15-10-3-4-13(12(17)6-10)19-7-9-2-1-8(14(18)20)5-11(9)16/h1-6H,7H2,(H2,18,20). The third kappa shape index (κ3) is 3.85. The number of nitrogens with two attached hydrogens (primary N) is 1. The van der Waals surface area contributed by atoms with E-state index in [9.17, 15) is 0 Å². The predicted molar refractivity (Wildman–Crippen MR) is 90.8 cm³/mol. The molecule has 0 spiro atoms. The highest BCUT2D eigenvalue weighted by Crippen LogP contribution is 2.29. The molecule has 0 bridgehead atoms. The molecule has 2 aromatic rings. The average molecular weight is 391 g/mol. The second-order valence-corrected chi connectivity index (χ2v) is 6.20. The van der Waals surface area contributed by atoms with Gasteiger partial charge in [0, 0.05) is 20.6 Å². The average Bonchev–Trinajstić information content (AvgIpc) is 2.38. The van der Waals surface area contributed by atoms with Crippen LogP contribution in [0.5, 0.6) is 5.75 Å². The Morgan fingerprint density at radius 1 is 1.15 bits per heavy atom. The van der Waals surface area contributed by atoms with E-state index in [0.29, 0.717) is 27.4 Å². The van der Waals surface area contributed by atoms with E-state index >= 15 is 0 Å². The summed E-state index contributed by atoms with van der Waals surface area (Å²) in [5.41, 5.74) is 7.12. The van der Waals surface area contributed by atoms with Crippen LogP contribution in [0, 0.1) is 0 Å². The van der Waals surface area contributed by atoms with Crippen LogP contribution in [0.2, 0.25) is 10.0 Å². The van der Waals surface area contributed by atoms with Crippen LogP contribution in [0.25, 0.3) is 0 Å². The molecule has 0 unspecified atom stereocenters. The Kier molecular flexibility index (Phi) is 5.27. The first kappa shape index (κ1) is 15.6. The van der Waals surface area contributed by atoms with Crippen LogP contribution in [0.1, 0.15) is 11.1 Å². The van der Waals surface area contributed by atoms with Crippen molar-refractivity contribution >= 4 is 56.3 Å². The topological polar surface area (TPSA) is 35.2 Å². The molecular weight excluding hydrogens is 381 g/mol. The molecule has 0 saturated heterocycles. The first-order valence-corrected chi connectivity index (χ1v) is 7.59. The van der Waals surface area contributed by atoms with E-state index in [4.69, 9.17) is 45.9 Å². The van der Waals surface area contributed by atoms with Gasteiger partial charge in [-0.25, -0.2) is 0 Å². The van der Waals surface area contributed by atoms with Gasteiger partial charge in [0.25, 0.3) is 0 Å². The number of halogens is 3. The molecule has 0 aromatic heterocycles. The largest absolute Gasteiger partial charge is 0.487 e. The molecule has 0 atom stereocenters. The van der Waals surface area contributed by atoms with E-state index in [1.54, 1.807) is 18.2 Å². The first-order chi connectivity index (χ1) is 9.47. The molecule has 0 radical (unpaired) electrons. The molecule has 0 aliphatic rings. The fourth-order valence-electron chi connectivity index (χ4n) is 1.57. The highest BCUT2D eigenvalue weighted by molar-refractivity contribution is 9.10. The zero-order valence-corrected chi connectivity index (χ0v) is 14.1. The molecule has 0 saturated carbocycles. The predicted octanol–water partition coefficient (Wildman–Crippen LogP) is 4.97. The van der Waals surface area contributed by atoms with E-state index in [0.717, 1.165) is 15.6 Å². The minimum atomic E-state index is 0.315. The lowest BCUT2D eigenvalue weighted by Gasteiger charge is -2.10. The van der Waals surface area contributed by atoms with E-state index in [1.165, 1.54) is 0 Å². The van der Waals surface area contributed by atoms with Gasteiger partial charge in [0.1, 0.15) is 17.3 Å². The molecule has 2 N–H and O–H groups in total. The number of hydrogen-bond donors (Lipinski definition) is 1. The van der Waals surface area contributed by atoms with Crippen molar-refractivity contribution in [2.75, 3.05) is 0 Å². The summed E-state index contributed by atoms with van der Waals surface area (Å²) in [4.78, 5) is 0.315. The van der Waals surface area contributed by atoms with Crippen molar-refractivity contribution in [2.45, 2.75) is 6.61 Å². The maximum Gasteiger partial charge on any atom is 0.138 e. The smallest absolute Gasteiger partial charge is 0.138 e. The molecule has 0 fully saturated rings. The molecule has 20 heavy (non-hydrogen) atoms. The summed E-state index contributed by atoms with van der Waals surface area (Å²) >= 11 is 20.5. The van der Waals surface area contributed by atoms with E-state index in [1.807, 2.05) is 18.2 Å². The van der Waals surface area contributed by atoms with Crippen molar-refractivity contribution in [3.63, 3.8) is 0 Å². The molecule has 2 nitrogen and oxygen atoms in total. The van der Waals surface area contributed by atoms with E-state index in [2.05, 4.69) is 15.9 Å². The molecule has 2 rings (SSSR count). The van der Waals surface area contributed by atoms with Gasteiger partial charge in [-0.2, -0.15) is 0 Å². The number of ether oxygens (including phenoxy) is 1. The lowest BCUT2D eigenvalue weighted by atomic mass is 10.1. The van der Waals surface area contributed by atoms with Crippen molar-refractivity contribution in [2.24, 2.45) is 5.73 Å². The Bertz CT molecular complexity index is 664. The third-order valence-corrected chi connectivity index (χ3v) is 3.99. The fraction of sp³-hybridized carbons (Fsp3) is 0.0714. The van der Waals surface area contributed by atoms with Gasteiger partial charge < -0.3 is 10.5 Å². The molecule has 104 valence electrons. The number of hydrogen-bond acceptors (Lipinski definition) is 2. The van der Waals surface area contributed by atoms with Crippen molar-refractivity contribution in [1.82, 2.24) is 0 Å². The van der Waals surface area contributed by atoms with Crippen molar-refractivity contribution in [3.8, 4) is 5.75 Å². The quantitative estimate of drug-likeness (QED) is 0.748. The molecule has 0 heterocycles. The van der Waals surface area contributed by atoms with Gasteiger partial charge >= 0.3 is 0 Å². The van der Waals surface area contributed by atoms with Gasteiger partial charge in [0.15, 0.2) is 0 Å². The summed E-state index contributed by atoms with van der Waals surface area (Å²) in [6.45, 7) is 0.317. The minimum absolute atomic E-state index is 0.315. The molecule has 2 aromatic carbocycles.